The van der Waals surface area contributed by atoms with Crippen LogP contribution in [-0.4, -0.2) is 12.1 Å². The maximum atomic E-state index is 10.8. The summed E-state index contributed by atoms with van der Waals surface area (Å²) in [6, 6.07) is 0. The van der Waals surface area contributed by atoms with Gasteiger partial charge in [-0.05, 0) is 31.1 Å². The Morgan fingerprint density at radius 2 is 2.18 bits per heavy atom. The van der Waals surface area contributed by atoms with Crippen molar-refractivity contribution in [2.24, 2.45) is 11.8 Å². The highest BCUT2D eigenvalue weighted by Crippen LogP contribution is 2.49. The molecule has 3 aliphatic carbocycles. The molecule has 0 aromatic carbocycles. The summed E-state index contributed by atoms with van der Waals surface area (Å²) in [6.45, 7) is 3.37. The third kappa shape index (κ3) is 1.06. The van der Waals surface area contributed by atoms with Crippen LogP contribution in [0.25, 0.3) is 0 Å². The first kappa shape index (κ1) is 6.89. The molecule has 0 aromatic heterocycles. The zero-order valence-electron chi connectivity index (χ0n) is 6.45. The van der Waals surface area contributed by atoms with Crippen LogP contribution in [0.1, 0.15) is 19.3 Å². The SMILES string of the molecule is C=CC(=O)OC1CC2CC1C2. The lowest BCUT2D eigenvalue weighted by Crippen LogP contribution is -2.21. The highest BCUT2D eigenvalue weighted by molar-refractivity contribution is 5.81. The van der Waals surface area contributed by atoms with Crippen molar-refractivity contribution in [2.45, 2.75) is 25.4 Å². The summed E-state index contributed by atoms with van der Waals surface area (Å²) < 4.78 is 5.16. The van der Waals surface area contributed by atoms with Crippen LogP contribution in [0.4, 0.5) is 0 Å². The minimum Gasteiger partial charge on any atom is -0.459 e. The molecule has 60 valence electrons. The molecule has 0 saturated heterocycles. The number of hydrogen-bond donors (Lipinski definition) is 0. The average molecular weight is 152 g/mol. The first-order chi connectivity index (χ1) is 5.29. The van der Waals surface area contributed by atoms with Crippen molar-refractivity contribution < 1.29 is 9.53 Å². The maximum Gasteiger partial charge on any atom is 0.330 e. The summed E-state index contributed by atoms with van der Waals surface area (Å²) in [5, 5.41) is 0. The van der Waals surface area contributed by atoms with E-state index in [-0.39, 0.29) is 12.1 Å². The second kappa shape index (κ2) is 2.36. The monoisotopic (exact) mass is 152 g/mol. The van der Waals surface area contributed by atoms with Crippen LogP contribution in [0.15, 0.2) is 12.7 Å². The standard InChI is InChI=1S/C9H12O2/c1-2-9(10)11-8-5-6-3-7(8)4-6/h2,6-8H,1,3-5H2. The van der Waals surface area contributed by atoms with E-state index in [2.05, 4.69) is 6.58 Å². The van der Waals surface area contributed by atoms with Crippen LogP contribution in [0, 0.1) is 11.8 Å². The Kier molecular flexibility index (Phi) is 1.48. The zero-order chi connectivity index (χ0) is 7.84. The lowest BCUT2D eigenvalue weighted by Gasteiger charge is -2.23. The van der Waals surface area contributed by atoms with E-state index in [0.717, 1.165) is 12.3 Å². The molecule has 0 heterocycles. The van der Waals surface area contributed by atoms with E-state index in [0.29, 0.717) is 5.92 Å². The van der Waals surface area contributed by atoms with Crippen LogP contribution < -0.4 is 0 Å². The molecular formula is C9H12O2. The van der Waals surface area contributed by atoms with Crippen LogP contribution >= 0.6 is 0 Å². The number of carbonyl (C=O) groups excluding carboxylic acids is 1. The molecule has 0 amide bonds. The van der Waals surface area contributed by atoms with E-state index in [4.69, 9.17) is 4.74 Å². The van der Waals surface area contributed by atoms with Gasteiger partial charge >= 0.3 is 5.97 Å². The molecule has 0 aromatic rings. The third-order valence-corrected chi connectivity index (χ3v) is 2.80. The van der Waals surface area contributed by atoms with Gasteiger partial charge in [-0.25, -0.2) is 4.79 Å². The number of ether oxygens (including phenoxy) is 1. The molecular weight excluding hydrogens is 140 g/mol. The van der Waals surface area contributed by atoms with Gasteiger partial charge in [-0.3, -0.25) is 0 Å². The molecule has 3 aliphatic rings. The molecule has 2 bridgehead atoms. The van der Waals surface area contributed by atoms with Crippen molar-refractivity contribution in [3.63, 3.8) is 0 Å². The molecule has 2 nitrogen and oxygen atoms in total. The van der Waals surface area contributed by atoms with E-state index in [1.54, 1.807) is 0 Å². The summed E-state index contributed by atoms with van der Waals surface area (Å²) in [5.74, 6) is 1.26. The predicted octanol–water partition coefficient (Wildman–Crippen LogP) is 1.51. The van der Waals surface area contributed by atoms with Crippen LogP contribution in [0.5, 0.6) is 0 Å². The van der Waals surface area contributed by atoms with Crippen molar-refractivity contribution in [3.8, 4) is 0 Å². The van der Waals surface area contributed by atoms with Gasteiger partial charge in [0.25, 0.3) is 0 Å². The highest BCUT2D eigenvalue weighted by Gasteiger charge is 2.46. The average Bonchev–Trinajstić information content (AvgIpc) is 2.43. The summed E-state index contributed by atoms with van der Waals surface area (Å²) in [7, 11) is 0. The lowest BCUT2D eigenvalue weighted by molar-refractivity contribution is -0.144. The quantitative estimate of drug-likeness (QED) is 0.443. The fourth-order valence-corrected chi connectivity index (χ4v) is 2.15. The normalized spacial score (nSPS) is 39.5. The minimum atomic E-state index is -0.262. The Morgan fingerprint density at radius 1 is 1.45 bits per heavy atom. The number of rotatable bonds is 2. The Hall–Kier alpha value is -0.790. The number of carbonyl (C=O) groups is 1. The van der Waals surface area contributed by atoms with Gasteiger partial charge in [-0.2, -0.15) is 0 Å². The fourth-order valence-electron chi connectivity index (χ4n) is 2.15. The molecule has 3 saturated carbocycles. The van der Waals surface area contributed by atoms with Gasteiger partial charge in [0.15, 0.2) is 0 Å². The van der Waals surface area contributed by atoms with E-state index in [1.165, 1.54) is 18.9 Å². The number of hydrogen-bond acceptors (Lipinski definition) is 2. The second-order valence-electron chi connectivity index (χ2n) is 3.51. The maximum absolute atomic E-state index is 10.8. The van der Waals surface area contributed by atoms with Crippen LogP contribution in [0.3, 0.4) is 0 Å². The van der Waals surface area contributed by atoms with Gasteiger partial charge in [0.1, 0.15) is 6.10 Å². The van der Waals surface area contributed by atoms with Gasteiger partial charge in [0.2, 0.25) is 0 Å². The van der Waals surface area contributed by atoms with Gasteiger partial charge in [-0.1, -0.05) is 6.58 Å². The Morgan fingerprint density at radius 3 is 2.64 bits per heavy atom. The molecule has 1 unspecified atom stereocenters. The predicted molar refractivity (Wildman–Crippen MR) is 40.9 cm³/mol. The van der Waals surface area contributed by atoms with Gasteiger partial charge in [0, 0.05) is 6.08 Å². The summed E-state index contributed by atoms with van der Waals surface area (Å²) in [5.41, 5.74) is 0. The molecule has 0 radical (unpaired) electrons. The molecule has 3 fully saturated rings. The van der Waals surface area contributed by atoms with E-state index < -0.39 is 0 Å². The number of esters is 1. The summed E-state index contributed by atoms with van der Waals surface area (Å²) in [4.78, 5) is 10.8. The Balaban J connectivity index is 1.87. The fraction of sp³-hybridized carbons (Fsp3) is 0.667. The smallest absolute Gasteiger partial charge is 0.330 e. The van der Waals surface area contributed by atoms with E-state index in [1.807, 2.05) is 0 Å². The van der Waals surface area contributed by atoms with Crippen molar-refractivity contribution in [1.29, 1.82) is 0 Å². The first-order valence-corrected chi connectivity index (χ1v) is 4.12. The van der Waals surface area contributed by atoms with Crippen molar-refractivity contribution in [2.75, 3.05) is 0 Å². The van der Waals surface area contributed by atoms with Gasteiger partial charge in [0.05, 0.1) is 0 Å². The zero-order valence-corrected chi connectivity index (χ0v) is 6.45. The Bertz CT molecular complexity index is 192. The third-order valence-electron chi connectivity index (χ3n) is 2.80. The minimum absolute atomic E-state index is 0.213. The van der Waals surface area contributed by atoms with Crippen molar-refractivity contribution in [3.05, 3.63) is 12.7 Å². The van der Waals surface area contributed by atoms with E-state index in [9.17, 15) is 4.79 Å². The molecule has 2 heteroatoms. The summed E-state index contributed by atoms with van der Waals surface area (Å²) in [6.07, 6.45) is 5.09. The van der Waals surface area contributed by atoms with Crippen molar-refractivity contribution in [1.82, 2.24) is 0 Å². The topological polar surface area (TPSA) is 26.3 Å². The summed E-state index contributed by atoms with van der Waals surface area (Å²) >= 11 is 0. The highest BCUT2D eigenvalue weighted by atomic mass is 16.5. The van der Waals surface area contributed by atoms with Crippen molar-refractivity contribution >= 4 is 5.97 Å². The van der Waals surface area contributed by atoms with E-state index >= 15 is 0 Å². The van der Waals surface area contributed by atoms with Crippen LogP contribution in [-0.2, 0) is 9.53 Å². The Labute approximate surface area is 66.2 Å². The van der Waals surface area contributed by atoms with Crippen LogP contribution in [0.2, 0.25) is 0 Å². The molecule has 11 heavy (non-hydrogen) atoms. The first-order valence-electron chi connectivity index (χ1n) is 4.12. The van der Waals surface area contributed by atoms with Gasteiger partial charge in [-0.15, -0.1) is 0 Å². The molecule has 0 spiro atoms. The second-order valence-corrected chi connectivity index (χ2v) is 3.51. The molecule has 1 atom stereocenters. The lowest BCUT2D eigenvalue weighted by atomic mass is 9.84. The largest absolute Gasteiger partial charge is 0.459 e. The molecule has 3 rings (SSSR count). The molecule has 0 aliphatic heterocycles. The number of fused-ring (bicyclic) bond motifs is 1. The van der Waals surface area contributed by atoms with Gasteiger partial charge < -0.3 is 4.74 Å². The molecule has 0 N–H and O–H groups in total.